The van der Waals surface area contributed by atoms with Gasteiger partial charge in [-0.05, 0) is 47.5 Å². The van der Waals surface area contributed by atoms with E-state index in [1.807, 2.05) is 0 Å². The molecule has 2 aromatic heterocycles. The molecular weight excluding hydrogens is 724 g/mol. The van der Waals surface area contributed by atoms with Crippen LogP contribution in [0, 0.1) is 45.3 Å². The molecule has 0 radical (unpaired) electrons. The molecule has 5 rings (SSSR count). The van der Waals surface area contributed by atoms with Gasteiger partial charge in [-0.3, -0.25) is 0 Å². The molecule has 0 aliphatic rings. The van der Waals surface area contributed by atoms with E-state index in [9.17, 15) is 73.7 Å². The standard InChI is InChI=1S/C32H12F12N8/c1-51-25-21(13-3-17(29(33,34)35)7-18(4-13)30(36,37)38)24-26(52(2)28(50-24)16(11-47)12-48)22(23(25)49-27(51)15(9-45)10-46)14-5-19(31(39,40)41)8-20(6-14)32(42,43)44/h3-8H,1-2H3. The maximum Gasteiger partial charge on any atom is 0.416 e. The van der Waals surface area contributed by atoms with Gasteiger partial charge in [0.2, 0.25) is 0 Å². The predicted octanol–water partition coefficient (Wildman–Crippen LogP) is 7.26. The minimum atomic E-state index is -5.40. The van der Waals surface area contributed by atoms with Crippen molar-refractivity contribution >= 4 is 33.2 Å². The first-order valence-electron chi connectivity index (χ1n) is 13.8. The molecule has 0 fully saturated rings. The van der Waals surface area contributed by atoms with Crippen molar-refractivity contribution in [1.29, 1.82) is 21.0 Å². The number of nitriles is 4. The van der Waals surface area contributed by atoms with Gasteiger partial charge < -0.3 is 9.13 Å². The second kappa shape index (κ2) is 12.1. The molecule has 52 heavy (non-hydrogen) atoms. The number of imidazole rings is 2. The summed E-state index contributed by atoms with van der Waals surface area (Å²) in [5, 5.41) is 38.4. The normalized spacial score (nSPS) is 12.3. The number of nitrogens with zero attached hydrogens (tertiary/aromatic N) is 8. The number of alkyl halides is 12. The Morgan fingerprint density at radius 3 is 0.942 bits per heavy atom. The minimum absolute atomic E-state index is 0.208. The van der Waals surface area contributed by atoms with Crippen LogP contribution in [-0.4, -0.2) is 19.1 Å². The molecule has 5 aromatic rings. The molecular formula is C32H12F12N8. The molecule has 0 bridgehead atoms. The second-order valence-corrected chi connectivity index (χ2v) is 10.9. The van der Waals surface area contributed by atoms with Crippen LogP contribution in [0.25, 0.3) is 55.5 Å². The summed E-state index contributed by atoms with van der Waals surface area (Å²) in [6.45, 7) is 0. The summed E-state index contributed by atoms with van der Waals surface area (Å²) in [5.41, 5.74) is -16.1. The zero-order valence-corrected chi connectivity index (χ0v) is 25.6. The van der Waals surface area contributed by atoms with Crippen molar-refractivity contribution in [3.05, 3.63) is 69.6 Å². The predicted molar refractivity (Wildman–Crippen MR) is 154 cm³/mol. The molecule has 0 saturated carbocycles. The van der Waals surface area contributed by atoms with Gasteiger partial charge in [0, 0.05) is 25.2 Å². The summed E-state index contributed by atoms with van der Waals surface area (Å²) in [7, 11) is 2.05. The summed E-state index contributed by atoms with van der Waals surface area (Å²) >= 11 is 0. The Labute approximate surface area is 281 Å². The van der Waals surface area contributed by atoms with Crippen LogP contribution in [0.4, 0.5) is 52.7 Å². The number of rotatable bonds is 2. The first kappa shape index (κ1) is 36.7. The SMILES string of the molecule is Cn1c(=C(C#N)C#N)nc2c(-c3cc(C(F)(F)F)cc(C(F)(F)F)c3)c3c(nc(=C(C#N)C#N)n3C)c(-c3cc(C(F)(F)F)cc(C(F)(F)F)c3)c21. The first-order valence-corrected chi connectivity index (χ1v) is 13.8. The van der Waals surface area contributed by atoms with Gasteiger partial charge >= 0.3 is 24.7 Å². The van der Waals surface area contributed by atoms with Crippen LogP contribution >= 0.6 is 0 Å². The largest absolute Gasteiger partial charge is 0.416 e. The van der Waals surface area contributed by atoms with Crippen LogP contribution in [-0.2, 0) is 38.8 Å². The van der Waals surface area contributed by atoms with E-state index in [2.05, 4.69) is 9.97 Å². The van der Waals surface area contributed by atoms with Crippen LogP contribution in [0.5, 0.6) is 0 Å². The van der Waals surface area contributed by atoms with Crippen molar-refractivity contribution in [2.75, 3.05) is 0 Å². The third-order valence-electron chi connectivity index (χ3n) is 7.78. The lowest BCUT2D eigenvalue weighted by molar-refractivity contribution is -0.144. The van der Waals surface area contributed by atoms with Crippen LogP contribution < -0.4 is 11.0 Å². The summed E-state index contributed by atoms with van der Waals surface area (Å²) < 4.78 is 170. The van der Waals surface area contributed by atoms with Crippen molar-refractivity contribution in [2.45, 2.75) is 24.7 Å². The zero-order valence-electron chi connectivity index (χ0n) is 25.6. The highest BCUT2D eigenvalue weighted by atomic mass is 19.4. The molecule has 0 aliphatic heterocycles. The molecule has 0 aliphatic carbocycles. The third kappa shape index (κ3) is 6.09. The molecule has 8 nitrogen and oxygen atoms in total. The fourth-order valence-corrected chi connectivity index (χ4v) is 5.58. The lowest BCUT2D eigenvalue weighted by atomic mass is 9.91. The maximum atomic E-state index is 14.0. The lowest BCUT2D eigenvalue weighted by Crippen LogP contribution is -2.18. The van der Waals surface area contributed by atoms with Gasteiger partial charge in [-0.2, -0.15) is 73.7 Å². The van der Waals surface area contributed by atoms with Crippen molar-refractivity contribution in [3.8, 4) is 46.5 Å². The van der Waals surface area contributed by atoms with E-state index in [1.165, 1.54) is 24.3 Å². The fraction of sp³-hybridized carbons (Fsp3) is 0.188. The van der Waals surface area contributed by atoms with Crippen molar-refractivity contribution in [3.63, 3.8) is 0 Å². The van der Waals surface area contributed by atoms with Gasteiger partial charge in [-0.1, -0.05) is 0 Å². The van der Waals surface area contributed by atoms with Gasteiger partial charge in [-0.25, -0.2) is 9.97 Å². The number of aromatic nitrogens is 4. The summed E-state index contributed by atoms with van der Waals surface area (Å²) in [6, 6.07) is 6.50. The molecule has 20 heteroatoms. The number of benzene rings is 3. The number of hydrogen-bond acceptors (Lipinski definition) is 6. The van der Waals surface area contributed by atoms with E-state index in [0.717, 1.165) is 23.2 Å². The summed E-state index contributed by atoms with van der Waals surface area (Å²) in [6.07, 6.45) is -21.6. The number of halogens is 12. The molecule has 0 spiro atoms. The fourth-order valence-electron chi connectivity index (χ4n) is 5.58. The third-order valence-corrected chi connectivity index (χ3v) is 7.78. The Morgan fingerprint density at radius 1 is 0.481 bits per heavy atom. The molecule has 264 valence electrons. The molecule has 3 aromatic carbocycles. The van der Waals surface area contributed by atoms with E-state index in [0.29, 0.717) is 0 Å². The van der Waals surface area contributed by atoms with Gasteiger partial charge in [0.05, 0.1) is 44.3 Å². The second-order valence-electron chi connectivity index (χ2n) is 10.9. The minimum Gasteiger partial charge on any atom is -0.325 e. The smallest absolute Gasteiger partial charge is 0.325 e. The van der Waals surface area contributed by atoms with Crippen LogP contribution in [0.3, 0.4) is 0 Å². The topological polar surface area (TPSA) is 131 Å². The quantitative estimate of drug-likeness (QED) is 0.175. The van der Waals surface area contributed by atoms with E-state index in [4.69, 9.17) is 0 Å². The van der Waals surface area contributed by atoms with Crippen molar-refractivity contribution < 1.29 is 52.7 Å². The van der Waals surface area contributed by atoms with Gasteiger partial charge in [0.25, 0.3) is 0 Å². The monoisotopic (exact) mass is 736 g/mol. The van der Waals surface area contributed by atoms with Crippen molar-refractivity contribution in [2.24, 2.45) is 14.1 Å². The average Bonchev–Trinajstić information content (AvgIpc) is 3.55. The zero-order chi connectivity index (χ0) is 38.9. The molecule has 0 saturated heterocycles. The van der Waals surface area contributed by atoms with E-state index < -0.39 is 113 Å². The Hall–Kier alpha value is -6.54. The molecule has 0 N–H and O–H groups in total. The maximum absolute atomic E-state index is 14.0. The van der Waals surface area contributed by atoms with Gasteiger partial charge in [-0.15, -0.1) is 0 Å². The first-order chi connectivity index (χ1) is 24.0. The highest BCUT2D eigenvalue weighted by Crippen LogP contribution is 2.47. The Bertz CT molecular complexity index is 2360. The van der Waals surface area contributed by atoms with E-state index in [-0.39, 0.29) is 36.4 Å². The number of hydrogen-bond donors (Lipinski definition) is 0. The Kier molecular flexibility index (Phi) is 8.52. The van der Waals surface area contributed by atoms with Crippen LogP contribution in [0.2, 0.25) is 0 Å². The molecule has 0 unspecified atom stereocenters. The number of fused-ring (bicyclic) bond motifs is 2. The highest BCUT2D eigenvalue weighted by Gasteiger charge is 2.40. The Morgan fingerprint density at radius 2 is 0.731 bits per heavy atom. The van der Waals surface area contributed by atoms with E-state index >= 15 is 0 Å². The number of aryl methyl sites for hydroxylation is 2. The van der Waals surface area contributed by atoms with Gasteiger partial charge in [0.1, 0.15) is 24.3 Å². The molecule has 0 amide bonds. The Balaban J connectivity index is 2.24. The molecule has 2 heterocycles. The highest BCUT2D eigenvalue weighted by molar-refractivity contribution is 6.17. The van der Waals surface area contributed by atoms with Crippen molar-refractivity contribution in [1.82, 2.24) is 19.1 Å². The lowest BCUT2D eigenvalue weighted by Gasteiger charge is -2.18. The van der Waals surface area contributed by atoms with E-state index in [1.54, 1.807) is 0 Å². The average molecular weight is 736 g/mol. The summed E-state index contributed by atoms with van der Waals surface area (Å²) in [4.78, 5) is 8.25. The molecule has 0 atom stereocenters. The summed E-state index contributed by atoms with van der Waals surface area (Å²) in [5.74, 6) is 0. The van der Waals surface area contributed by atoms with Crippen LogP contribution in [0.15, 0.2) is 36.4 Å². The van der Waals surface area contributed by atoms with Crippen LogP contribution in [0.1, 0.15) is 22.3 Å². The van der Waals surface area contributed by atoms with Gasteiger partial charge in [0.15, 0.2) is 22.1 Å².